The topological polar surface area (TPSA) is 0 Å². The maximum atomic E-state index is 5.43. The van der Waals surface area contributed by atoms with Crippen molar-refractivity contribution in [2.45, 2.75) is 14.0 Å². The van der Waals surface area contributed by atoms with Gasteiger partial charge in [-0.3, -0.25) is 0 Å². The van der Waals surface area contributed by atoms with E-state index in [2.05, 4.69) is 0 Å². The Hall–Kier alpha value is 1.74. The zero-order chi connectivity index (χ0) is 7.65. The fraction of sp³-hybridized carbons (Fsp3) is 1.00. The maximum absolute atomic E-state index is 5.43. The molecule has 0 aromatic heterocycles. The van der Waals surface area contributed by atoms with Crippen molar-refractivity contribution < 1.29 is 0 Å². The first-order valence-corrected chi connectivity index (χ1v) is 4.29. The van der Waals surface area contributed by atoms with E-state index in [1.807, 2.05) is 0 Å². The molecule has 0 saturated heterocycles. The number of halogens is 6. The van der Waals surface area contributed by atoms with Gasteiger partial charge in [0.2, 0.25) is 3.79 Å². The van der Waals surface area contributed by atoms with E-state index >= 15 is 0 Å². The summed E-state index contributed by atoms with van der Waals surface area (Å²) in [6.45, 7) is 0. The van der Waals surface area contributed by atoms with Crippen LogP contribution in [0.15, 0.2) is 0 Å². The highest BCUT2D eigenvalue weighted by Gasteiger charge is 2.35. The molecule has 0 aliphatic carbocycles. The highest BCUT2D eigenvalue weighted by atomic mass is 35.6. The lowest BCUT2D eigenvalue weighted by molar-refractivity contribution is 0.948. The second-order valence-electron chi connectivity index (χ2n) is 1.28. The summed E-state index contributed by atoms with van der Waals surface area (Å²) in [4.78, 5) is -0.876. The van der Waals surface area contributed by atoms with Gasteiger partial charge >= 0.3 is 0 Å². The molecule has 0 aromatic carbocycles. The van der Waals surface area contributed by atoms with E-state index in [1.165, 1.54) is 0 Å². The normalized spacial score (nSPS) is 16.3. The summed E-state index contributed by atoms with van der Waals surface area (Å²) < 4.78 is -1.60. The third-order valence-electron chi connectivity index (χ3n) is 0.534. The van der Waals surface area contributed by atoms with Crippen LogP contribution in [0.4, 0.5) is 0 Å². The zero-order valence-corrected chi connectivity index (χ0v) is 8.46. The maximum Gasteiger partial charge on any atom is 0.209 e. The predicted octanol–water partition coefficient (Wildman–Crippen LogP) is 3.77. The van der Waals surface area contributed by atoms with Gasteiger partial charge in [-0.2, -0.15) is 0 Å². The zero-order valence-electron chi connectivity index (χ0n) is 3.92. The molecule has 6 heteroatoms. The molecule has 1 atom stereocenters. The Morgan fingerprint density at radius 1 is 0.889 bits per heavy atom. The molecule has 0 nitrogen and oxygen atoms in total. The minimum Gasteiger partial charge on any atom is -0.115 e. The highest BCUT2D eigenvalue weighted by Crippen LogP contribution is 2.38. The predicted molar refractivity (Wildman–Crippen MR) is 45.4 cm³/mol. The highest BCUT2D eigenvalue weighted by molar-refractivity contribution is 6.71. The van der Waals surface area contributed by atoms with Crippen molar-refractivity contribution >= 4 is 69.6 Å². The SMILES string of the molecule is ClC(Cl)[C@@H](Cl)C(Cl)(Cl)Cl. The molecule has 0 unspecified atom stereocenters. The number of hydrogen-bond donors (Lipinski definition) is 0. The lowest BCUT2D eigenvalue weighted by atomic mass is 10.5. The van der Waals surface area contributed by atoms with Gasteiger partial charge in [0.05, 0.1) is 0 Å². The Labute approximate surface area is 83.3 Å². The monoisotopic (exact) mass is 248 g/mol. The van der Waals surface area contributed by atoms with Crippen LogP contribution in [0.1, 0.15) is 0 Å². The molecule has 0 spiro atoms. The standard InChI is InChI=1S/C3H2Cl6/c4-1(2(5)6)3(7,8)9/h1-2H/t1-/m1/s1. The number of rotatable bonds is 1. The lowest BCUT2D eigenvalue weighted by Gasteiger charge is -2.17. The minimum atomic E-state index is -1.60. The molecular weight excluding hydrogens is 249 g/mol. The molecule has 0 amide bonds. The second-order valence-corrected chi connectivity index (χ2v) is 5.28. The average Bonchev–Trinajstić information content (AvgIpc) is 1.62. The average molecular weight is 251 g/mol. The Balaban J connectivity index is 3.88. The van der Waals surface area contributed by atoms with E-state index in [-0.39, 0.29) is 0 Å². The quantitative estimate of drug-likeness (QED) is 0.622. The van der Waals surface area contributed by atoms with Crippen LogP contribution in [0.3, 0.4) is 0 Å². The summed E-state index contributed by atoms with van der Waals surface area (Å²) in [6, 6.07) is 0. The Morgan fingerprint density at radius 3 is 1.22 bits per heavy atom. The van der Waals surface area contributed by atoms with Crippen molar-refractivity contribution in [2.24, 2.45) is 0 Å². The third kappa shape index (κ3) is 4.23. The Kier molecular flexibility index (Phi) is 4.70. The van der Waals surface area contributed by atoms with Crippen LogP contribution < -0.4 is 0 Å². The van der Waals surface area contributed by atoms with Gasteiger partial charge in [-0.25, -0.2) is 0 Å². The van der Waals surface area contributed by atoms with Gasteiger partial charge in [-0.05, 0) is 0 Å². The van der Waals surface area contributed by atoms with Crippen LogP contribution in [-0.4, -0.2) is 14.0 Å². The van der Waals surface area contributed by atoms with Gasteiger partial charge in [0.1, 0.15) is 10.2 Å². The molecule has 0 saturated carbocycles. The summed E-state index contributed by atoms with van der Waals surface area (Å²) in [7, 11) is 0. The van der Waals surface area contributed by atoms with Crippen molar-refractivity contribution in [2.75, 3.05) is 0 Å². The summed E-state index contributed by atoms with van der Waals surface area (Å²) >= 11 is 31.9. The van der Waals surface area contributed by atoms with Crippen LogP contribution in [0.2, 0.25) is 0 Å². The van der Waals surface area contributed by atoms with Crippen LogP contribution in [0.25, 0.3) is 0 Å². The van der Waals surface area contributed by atoms with E-state index < -0.39 is 14.0 Å². The van der Waals surface area contributed by atoms with Crippen LogP contribution in [-0.2, 0) is 0 Å². The molecular formula is C3H2Cl6. The van der Waals surface area contributed by atoms with Crippen molar-refractivity contribution in [3.05, 3.63) is 0 Å². The summed E-state index contributed by atoms with van der Waals surface area (Å²) in [5.74, 6) is 0. The van der Waals surface area contributed by atoms with Crippen molar-refractivity contribution in [1.29, 1.82) is 0 Å². The Bertz CT molecular complexity index is 82.8. The number of alkyl halides is 6. The molecule has 0 rings (SSSR count). The van der Waals surface area contributed by atoms with Crippen molar-refractivity contribution in [3.8, 4) is 0 Å². The molecule has 0 aliphatic heterocycles. The summed E-state index contributed by atoms with van der Waals surface area (Å²) in [5.41, 5.74) is 0. The first-order valence-electron chi connectivity index (χ1n) is 1.84. The smallest absolute Gasteiger partial charge is 0.115 e. The fourth-order valence-electron chi connectivity index (χ4n) is 0.143. The summed E-state index contributed by atoms with van der Waals surface area (Å²) in [5, 5.41) is -0.883. The first kappa shape index (κ1) is 10.7. The first-order chi connectivity index (χ1) is 3.85. The van der Waals surface area contributed by atoms with Gasteiger partial charge in [0, 0.05) is 0 Å². The van der Waals surface area contributed by atoms with Gasteiger partial charge in [0.15, 0.2) is 0 Å². The fourth-order valence-corrected chi connectivity index (χ4v) is 1.29. The molecule has 0 aromatic rings. The van der Waals surface area contributed by atoms with Crippen LogP contribution in [0, 0.1) is 0 Å². The van der Waals surface area contributed by atoms with Crippen LogP contribution >= 0.6 is 69.6 Å². The molecule has 0 fully saturated rings. The molecule has 0 radical (unpaired) electrons. The number of hydrogen-bond acceptors (Lipinski definition) is 0. The van der Waals surface area contributed by atoms with Crippen LogP contribution in [0.5, 0.6) is 0 Å². The molecule has 0 aliphatic rings. The molecule has 0 N–H and O–H groups in total. The minimum absolute atomic E-state index is 0.876. The molecule has 56 valence electrons. The van der Waals surface area contributed by atoms with E-state index in [4.69, 9.17) is 69.6 Å². The van der Waals surface area contributed by atoms with E-state index in [9.17, 15) is 0 Å². The van der Waals surface area contributed by atoms with Crippen molar-refractivity contribution in [1.82, 2.24) is 0 Å². The molecule has 9 heavy (non-hydrogen) atoms. The second kappa shape index (κ2) is 3.94. The van der Waals surface area contributed by atoms with Gasteiger partial charge < -0.3 is 0 Å². The van der Waals surface area contributed by atoms with Crippen molar-refractivity contribution in [3.63, 3.8) is 0 Å². The van der Waals surface area contributed by atoms with Gasteiger partial charge in [0.25, 0.3) is 0 Å². The largest absolute Gasteiger partial charge is 0.209 e. The van der Waals surface area contributed by atoms with E-state index in [0.717, 1.165) is 0 Å². The summed E-state index contributed by atoms with van der Waals surface area (Å²) in [6.07, 6.45) is 0. The van der Waals surface area contributed by atoms with Gasteiger partial charge in [-0.15, -0.1) is 34.8 Å². The lowest BCUT2D eigenvalue weighted by Crippen LogP contribution is -2.25. The molecule has 0 heterocycles. The van der Waals surface area contributed by atoms with E-state index in [0.29, 0.717) is 0 Å². The van der Waals surface area contributed by atoms with E-state index in [1.54, 1.807) is 0 Å². The van der Waals surface area contributed by atoms with Gasteiger partial charge in [-0.1, -0.05) is 34.8 Å². The Morgan fingerprint density at radius 2 is 1.22 bits per heavy atom. The molecule has 0 bridgehead atoms. The third-order valence-corrected chi connectivity index (χ3v) is 2.92.